The molecule has 0 radical (unpaired) electrons. The predicted octanol–water partition coefficient (Wildman–Crippen LogP) is 4.51. The van der Waals surface area contributed by atoms with Crippen LogP contribution in [0.5, 0.6) is 11.5 Å². The largest absolute Gasteiger partial charge is 0.496 e. The molecule has 0 saturated carbocycles. The molecule has 12 nitrogen and oxygen atoms in total. The van der Waals surface area contributed by atoms with Crippen molar-refractivity contribution in [3.8, 4) is 28.7 Å². The molecule has 4 rings (SSSR count). The zero-order valence-corrected chi connectivity index (χ0v) is 20.3. The van der Waals surface area contributed by atoms with Crippen molar-refractivity contribution in [1.29, 1.82) is 5.26 Å². The molecule has 0 fully saturated rings. The van der Waals surface area contributed by atoms with Gasteiger partial charge in [-0.3, -0.25) is 10.1 Å². The highest BCUT2D eigenvalue weighted by molar-refractivity contribution is 6.13. The summed E-state index contributed by atoms with van der Waals surface area (Å²) in [6.07, 6.45) is -0.662. The maximum Gasteiger partial charge on any atom is 0.411 e. The van der Waals surface area contributed by atoms with Crippen LogP contribution in [0.4, 0.5) is 16.2 Å². The molecule has 1 heterocycles. The van der Waals surface area contributed by atoms with Crippen molar-refractivity contribution in [2.45, 2.75) is 0 Å². The number of rotatable bonds is 7. The van der Waals surface area contributed by atoms with Crippen molar-refractivity contribution in [2.24, 2.45) is 0 Å². The first-order valence-corrected chi connectivity index (χ1v) is 10.9. The van der Waals surface area contributed by atoms with Crippen LogP contribution in [0.25, 0.3) is 22.1 Å². The molecule has 0 aliphatic carbocycles. The Hall–Kier alpha value is -5.57. The zero-order chi connectivity index (χ0) is 27.4. The summed E-state index contributed by atoms with van der Waals surface area (Å²) in [6.45, 7) is 0. The fourth-order valence-electron chi connectivity index (χ4n) is 3.76. The number of carbonyl (C=O) groups excluding carboxylic acids is 2. The highest BCUT2D eigenvalue weighted by Crippen LogP contribution is 2.41. The summed E-state index contributed by atoms with van der Waals surface area (Å²) < 4.78 is 21.0. The molecule has 0 unspecified atom stereocenters. The number of nitriles is 1. The van der Waals surface area contributed by atoms with Crippen molar-refractivity contribution < 1.29 is 38.2 Å². The number of aromatic nitrogens is 1. The summed E-state index contributed by atoms with van der Waals surface area (Å²) in [4.78, 5) is 36.5. The first-order chi connectivity index (χ1) is 18.3. The molecule has 0 bridgehead atoms. The van der Waals surface area contributed by atoms with Crippen LogP contribution in [0.1, 0.15) is 26.4 Å². The summed E-state index contributed by atoms with van der Waals surface area (Å²) in [6, 6.07) is 13.8. The van der Waals surface area contributed by atoms with Gasteiger partial charge in [0.15, 0.2) is 11.3 Å². The lowest BCUT2D eigenvalue weighted by Crippen LogP contribution is -2.15. The number of aromatic carboxylic acids is 1. The Morgan fingerprint density at radius 2 is 1.68 bits per heavy atom. The summed E-state index contributed by atoms with van der Waals surface area (Å²) >= 11 is 0. The number of nitrogens with one attached hydrogen (secondary N) is 2. The van der Waals surface area contributed by atoms with E-state index in [9.17, 15) is 19.5 Å². The van der Waals surface area contributed by atoms with Gasteiger partial charge in [0, 0.05) is 22.9 Å². The van der Waals surface area contributed by atoms with Gasteiger partial charge in [-0.25, -0.2) is 9.59 Å². The SMILES string of the molecule is COC(=O)Nc1ccc(OC)c(-c2cc3c(C(=O)Nc4ccc(C#N)cc4C(=O)O)noc3cc2OC)c1. The third-order valence-corrected chi connectivity index (χ3v) is 5.56. The topological polar surface area (TPSA) is 173 Å². The number of fused-ring (bicyclic) bond motifs is 1. The Labute approximate surface area is 215 Å². The van der Waals surface area contributed by atoms with Gasteiger partial charge in [-0.05, 0) is 42.5 Å². The summed E-state index contributed by atoms with van der Waals surface area (Å²) in [5.41, 5.74) is 1.40. The lowest BCUT2D eigenvalue weighted by molar-refractivity contribution is 0.0698. The van der Waals surface area contributed by atoms with Gasteiger partial charge >= 0.3 is 12.1 Å². The number of hydrogen-bond acceptors (Lipinski definition) is 9. The number of methoxy groups -OCH3 is 3. The number of carbonyl (C=O) groups is 3. The Balaban J connectivity index is 1.80. The molecule has 2 amide bonds. The van der Waals surface area contributed by atoms with Gasteiger partial charge in [0.1, 0.15) is 11.5 Å². The van der Waals surface area contributed by atoms with E-state index in [0.717, 1.165) is 6.07 Å². The van der Waals surface area contributed by atoms with E-state index >= 15 is 0 Å². The van der Waals surface area contributed by atoms with Crippen molar-refractivity contribution in [3.63, 3.8) is 0 Å². The Kier molecular flexibility index (Phi) is 7.11. The van der Waals surface area contributed by atoms with Crippen molar-refractivity contribution in [1.82, 2.24) is 5.16 Å². The van der Waals surface area contributed by atoms with Gasteiger partial charge in [0.05, 0.1) is 49.6 Å². The third-order valence-electron chi connectivity index (χ3n) is 5.56. The van der Waals surface area contributed by atoms with Crippen LogP contribution in [0.3, 0.4) is 0 Å². The summed E-state index contributed by atoms with van der Waals surface area (Å²) in [5, 5.41) is 27.8. The highest BCUT2D eigenvalue weighted by Gasteiger charge is 2.23. The van der Waals surface area contributed by atoms with Gasteiger partial charge in [0.2, 0.25) is 0 Å². The van der Waals surface area contributed by atoms with Crippen molar-refractivity contribution >= 4 is 40.3 Å². The van der Waals surface area contributed by atoms with E-state index in [2.05, 4.69) is 20.5 Å². The van der Waals surface area contributed by atoms with Crippen LogP contribution in [0.2, 0.25) is 0 Å². The van der Waals surface area contributed by atoms with Crippen LogP contribution in [-0.4, -0.2) is 49.6 Å². The first kappa shape index (κ1) is 25.5. The predicted molar refractivity (Wildman–Crippen MR) is 135 cm³/mol. The van der Waals surface area contributed by atoms with E-state index in [4.69, 9.17) is 19.3 Å². The van der Waals surface area contributed by atoms with E-state index in [1.165, 1.54) is 33.5 Å². The number of benzene rings is 3. The average Bonchev–Trinajstić information content (AvgIpc) is 3.35. The van der Waals surface area contributed by atoms with Crippen LogP contribution in [0.15, 0.2) is 53.1 Å². The van der Waals surface area contributed by atoms with E-state index in [1.54, 1.807) is 30.3 Å². The quantitative estimate of drug-likeness (QED) is 0.317. The monoisotopic (exact) mass is 516 g/mol. The standard InChI is InChI=1S/C26H20N4O8/c1-35-20-7-5-14(28-26(34)37-3)9-15(20)16-10-18-22(11-21(16)36-2)38-30-23(18)24(31)29-19-6-4-13(12-27)8-17(19)25(32)33/h4-11H,1-3H3,(H,28,34)(H,29,31)(H,32,33). The molecule has 192 valence electrons. The van der Waals surface area contributed by atoms with E-state index in [-0.39, 0.29) is 28.1 Å². The number of ether oxygens (including phenoxy) is 3. The average molecular weight is 516 g/mol. The van der Waals surface area contributed by atoms with Crippen LogP contribution in [0, 0.1) is 11.3 Å². The second-order valence-electron chi connectivity index (χ2n) is 7.74. The van der Waals surface area contributed by atoms with Gasteiger partial charge in [0.25, 0.3) is 5.91 Å². The maximum atomic E-state index is 13.1. The molecule has 0 aliphatic rings. The van der Waals surface area contributed by atoms with E-state index < -0.39 is 18.0 Å². The maximum absolute atomic E-state index is 13.1. The number of hydrogen-bond donors (Lipinski definition) is 3. The van der Waals surface area contributed by atoms with Crippen LogP contribution in [-0.2, 0) is 4.74 Å². The molecule has 1 aromatic heterocycles. The highest BCUT2D eigenvalue weighted by atomic mass is 16.5. The molecule has 0 atom stereocenters. The molecular formula is C26H20N4O8. The fourth-order valence-corrected chi connectivity index (χ4v) is 3.76. The van der Waals surface area contributed by atoms with Gasteiger partial charge in [-0.2, -0.15) is 5.26 Å². The van der Waals surface area contributed by atoms with Gasteiger partial charge < -0.3 is 29.2 Å². The van der Waals surface area contributed by atoms with Gasteiger partial charge in [-0.15, -0.1) is 0 Å². The lowest BCUT2D eigenvalue weighted by Gasteiger charge is -2.14. The number of carboxylic acid groups (broad SMARTS) is 1. The van der Waals surface area contributed by atoms with E-state index in [1.807, 2.05) is 6.07 Å². The number of amides is 2. The minimum absolute atomic E-state index is 0.0189. The minimum atomic E-state index is -1.32. The normalized spacial score (nSPS) is 10.4. The molecular weight excluding hydrogens is 496 g/mol. The number of nitrogens with zero attached hydrogens (tertiary/aromatic N) is 2. The lowest BCUT2D eigenvalue weighted by atomic mass is 10.00. The number of carboxylic acids is 1. The molecule has 38 heavy (non-hydrogen) atoms. The molecule has 12 heteroatoms. The Morgan fingerprint density at radius 3 is 2.34 bits per heavy atom. The van der Waals surface area contributed by atoms with Gasteiger partial charge in [-0.1, -0.05) is 5.16 Å². The summed E-state index contributed by atoms with van der Waals surface area (Å²) in [7, 11) is 4.18. The Bertz CT molecular complexity index is 1620. The smallest absolute Gasteiger partial charge is 0.411 e. The second kappa shape index (κ2) is 10.6. The van der Waals surface area contributed by atoms with Crippen LogP contribution < -0.4 is 20.1 Å². The summed E-state index contributed by atoms with van der Waals surface area (Å²) in [5.74, 6) is -1.24. The first-order valence-electron chi connectivity index (χ1n) is 10.9. The molecule has 3 N–H and O–H groups in total. The fraction of sp³-hybridized carbons (Fsp3) is 0.115. The van der Waals surface area contributed by atoms with Crippen molar-refractivity contribution in [3.05, 3.63) is 65.4 Å². The molecule has 4 aromatic rings. The Morgan fingerprint density at radius 1 is 0.947 bits per heavy atom. The number of anilines is 2. The van der Waals surface area contributed by atoms with Crippen LogP contribution >= 0.6 is 0 Å². The second-order valence-corrected chi connectivity index (χ2v) is 7.74. The molecule has 0 spiro atoms. The molecule has 3 aromatic carbocycles. The van der Waals surface area contributed by atoms with E-state index in [0.29, 0.717) is 33.7 Å². The minimum Gasteiger partial charge on any atom is -0.496 e. The third kappa shape index (κ3) is 4.89. The molecule has 0 aliphatic heterocycles. The molecule has 0 saturated heterocycles. The van der Waals surface area contributed by atoms with Crippen molar-refractivity contribution in [2.75, 3.05) is 32.0 Å². The zero-order valence-electron chi connectivity index (χ0n) is 20.3.